The molecule has 6 rings (SSSR count). The number of carbonyl (C=O) groups is 4. The normalized spacial score (nSPS) is 42.4. The number of hydrogen-bond donors (Lipinski definition) is 8. The highest BCUT2D eigenvalue weighted by Crippen LogP contribution is 2.45. The van der Waals surface area contributed by atoms with Crippen LogP contribution in [0.2, 0.25) is 0 Å². The van der Waals surface area contributed by atoms with Gasteiger partial charge in [-0.2, -0.15) is 0 Å². The van der Waals surface area contributed by atoms with Crippen LogP contribution in [0.1, 0.15) is 47.0 Å². The van der Waals surface area contributed by atoms with E-state index in [-0.39, 0.29) is 59.7 Å². The molecule has 364 valence electrons. The molecule has 8 N–H and O–H groups in total. The number of aliphatic hydroxyl groups excluding tert-OH is 8. The van der Waals surface area contributed by atoms with Crippen molar-refractivity contribution in [3.05, 3.63) is 47.0 Å². The Hall–Kier alpha value is -4.04. The maximum absolute atomic E-state index is 13.8. The molecule has 0 unspecified atom stereocenters. The van der Waals surface area contributed by atoms with Crippen LogP contribution in [0.25, 0.3) is 0 Å². The van der Waals surface area contributed by atoms with E-state index in [9.17, 15) is 60.0 Å². The van der Waals surface area contributed by atoms with E-state index >= 15 is 0 Å². The van der Waals surface area contributed by atoms with Gasteiger partial charge in [-0.3, -0.25) is 9.59 Å². The maximum Gasteiger partial charge on any atom is 0.337 e. The molecule has 3 saturated heterocycles. The molecule has 0 aromatic carbocycles. The second-order valence-corrected chi connectivity index (χ2v) is 17.0. The molecule has 5 aliphatic heterocycles. The van der Waals surface area contributed by atoms with Gasteiger partial charge < -0.3 is 88.2 Å². The molecule has 1 aliphatic carbocycles. The fourth-order valence-corrected chi connectivity index (χ4v) is 9.35. The molecule has 1 saturated carbocycles. The molecule has 65 heavy (non-hydrogen) atoms. The standard InChI is InChI=1S/C43H60O22/c1-6-19-22(25(38(54)56-5)15-59-40(19)64-42-36(52)34(50)32(48)28(11-44)62-42)9-30(46)57-14-24-18(4)27-8-21(24)17(3)13-58-39(55)26-16-60-41(20(7-2)23(26)10-31(47)61-27)65-43-37(53)35(51)33(49)29(12-45)63-43/h6-7,15-18,21-24,27-29,32-37,40-45,48-53H,8-14H2,1-5H3/t17-,18-,21+,22+,23+,24-,27+,28-,29-,32-,33-,34+,35+,36-,37-,40+,41+,42+,43+/m1/s1. The minimum absolute atomic E-state index is 0.0165. The van der Waals surface area contributed by atoms with Crippen LogP contribution in [0, 0.1) is 35.5 Å². The third-order valence-corrected chi connectivity index (χ3v) is 13.3. The monoisotopic (exact) mass is 928 g/mol. The zero-order valence-electron chi connectivity index (χ0n) is 36.5. The number of methoxy groups -OCH3 is 1. The van der Waals surface area contributed by atoms with Gasteiger partial charge >= 0.3 is 23.9 Å². The van der Waals surface area contributed by atoms with Crippen LogP contribution in [-0.4, -0.2) is 178 Å². The van der Waals surface area contributed by atoms with E-state index in [4.69, 9.17) is 47.4 Å². The number of ether oxygens (including phenoxy) is 10. The highest BCUT2D eigenvalue weighted by molar-refractivity contribution is 5.91. The number of fused-ring (bicyclic) bond motifs is 3. The molecule has 4 fully saturated rings. The van der Waals surface area contributed by atoms with Crippen molar-refractivity contribution in [3.8, 4) is 0 Å². The van der Waals surface area contributed by atoms with Crippen molar-refractivity contribution >= 4 is 23.9 Å². The van der Waals surface area contributed by atoms with Gasteiger partial charge in [0.15, 0.2) is 12.6 Å². The first-order valence-electron chi connectivity index (χ1n) is 21.5. The molecule has 5 heterocycles. The zero-order chi connectivity index (χ0) is 47.4. The molecule has 2 bridgehead atoms. The lowest BCUT2D eigenvalue weighted by atomic mass is 9.83. The summed E-state index contributed by atoms with van der Waals surface area (Å²) in [5.74, 6) is -6.39. The van der Waals surface area contributed by atoms with Crippen LogP contribution in [0.3, 0.4) is 0 Å². The molecule has 0 aromatic rings. The summed E-state index contributed by atoms with van der Waals surface area (Å²) in [6.07, 6.45) is -14.6. The van der Waals surface area contributed by atoms with Crippen molar-refractivity contribution in [1.29, 1.82) is 0 Å². The molecule has 6 aliphatic rings. The Morgan fingerprint density at radius 3 is 1.92 bits per heavy atom. The molecule has 0 amide bonds. The summed E-state index contributed by atoms with van der Waals surface area (Å²) in [4.78, 5) is 54.1. The van der Waals surface area contributed by atoms with Gasteiger partial charge in [0, 0.05) is 28.9 Å². The van der Waals surface area contributed by atoms with Crippen molar-refractivity contribution in [2.24, 2.45) is 35.5 Å². The second-order valence-electron chi connectivity index (χ2n) is 17.0. The maximum atomic E-state index is 13.8. The lowest BCUT2D eigenvalue weighted by Gasteiger charge is -2.42. The van der Waals surface area contributed by atoms with E-state index in [1.54, 1.807) is 19.9 Å². The van der Waals surface area contributed by atoms with E-state index < -0.39 is 141 Å². The Kier molecular flexibility index (Phi) is 16.8. The molecule has 0 spiro atoms. The summed E-state index contributed by atoms with van der Waals surface area (Å²) in [7, 11) is 1.14. The zero-order valence-corrected chi connectivity index (χ0v) is 36.5. The third-order valence-electron chi connectivity index (χ3n) is 13.3. The van der Waals surface area contributed by atoms with Gasteiger partial charge in [-0.15, -0.1) is 0 Å². The lowest BCUT2D eigenvalue weighted by molar-refractivity contribution is -0.327. The van der Waals surface area contributed by atoms with Crippen LogP contribution < -0.4 is 0 Å². The predicted octanol–water partition coefficient (Wildman–Crippen LogP) is -1.90. The fourth-order valence-electron chi connectivity index (χ4n) is 9.35. The summed E-state index contributed by atoms with van der Waals surface area (Å²) in [5.41, 5.74) is 0.427. The Morgan fingerprint density at radius 1 is 0.800 bits per heavy atom. The number of allylic oxidation sites excluding steroid dienone is 2. The van der Waals surface area contributed by atoms with Crippen LogP contribution in [0.5, 0.6) is 0 Å². The smallest absolute Gasteiger partial charge is 0.337 e. The predicted molar refractivity (Wildman–Crippen MR) is 213 cm³/mol. The highest BCUT2D eigenvalue weighted by atomic mass is 16.8. The van der Waals surface area contributed by atoms with E-state index in [1.807, 2.05) is 13.8 Å². The summed E-state index contributed by atoms with van der Waals surface area (Å²) in [6.45, 7) is 5.29. The SMILES string of the molecule is CC=C1[C@H](O[C@@H]2O[C@H](CO)[C@@H](O)[C@H](O)[C@H]2O)OC=C(C(=O)OC)[C@H]1CC(=O)OC[C@@H]1[C@@H](C)[C@@H]2C[C@H]1[C@H](C)COC(=O)C1=CO[C@@H](O[C@@H]3O[C@H](CO)[C@@H](O)[C@H](O)[C@H]3O)C(=CC)[C@@H]1CC(=O)O2. The van der Waals surface area contributed by atoms with E-state index in [2.05, 4.69) is 0 Å². The van der Waals surface area contributed by atoms with Crippen LogP contribution in [0.4, 0.5) is 0 Å². The van der Waals surface area contributed by atoms with E-state index in [1.165, 1.54) is 6.08 Å². The second kappa shape index (κ2) is 21.7. The summed E-state index contributed by atoms with van der Waals surface area (Å²) < 4.78 is 56.8. The molecule has 19 atom stereocenters. The topological polar surface area (TPSA) is 322 Å². The Bertz CT molecular complexity index is 1840. The minimum atomic E-state index is -1.77. The quantitative estimate of drug-likeness (QED) is 0.0637. The van der Waals surface area contributed by atoms with E-state index in [0.29, 0.717) is 6.42 Å². The number of cyclic esters (lactones) is 1. The number of hydrogen-bond acceptors (Lipinski definition) is 22. The first-order valence-corrected chi connectivity index (χ1v) is 21.5. The van der Waals surface area contributed by atoms with Crippen LogP contribution >= 0.6 is 0 Å². The summed E-state index contributed by atoms with van der Waals surface area (Å²) >= 11 is 0. The number of aliphatic hydroxyl groups is 8. The molecular formula is C43H60O22. The van der Waals surface area contributed by atoms with Crippen molar-refractivity contribution in [2.45, 2.75) is 127 Å². The molecular weight excluding hydrogens is 868 g/mol. The Morgan fingerprint density at radius 2 is 1.37 bits per heavy atom. The Labute approximate surface area is 373 Å². The molecule has 22 heteroatoms. The van der Waals surface area contributed by atoms with Crippen molar-refractivity contribution in [3.63, 3.8) is 0 Å². The average molecular weight is 929 g/mol. The van der Waals surface area contributed by atoms with Crippen LogP contribution in [0.15, 0.2) is 47.0 Å². The van der Waals surface area contributed by atoms with Gasteiger partial charge in [0.05, 0.1) is 70.0 Å². The number of rotatable bonds is 11. The van der Waals surface area contributed by atoms with Gasteiger partial charge in [0.2, 0.25) is 12.6 Å². The summed E-state index contributed by atoms with van der Waals surface area (Å²) in [6, 6.07) is 0. The lowest BCUT2D eigenvalue weighted by Crippen LogP contribution is -2.60. The van der Waals surface area contributed by atoms with Crippen molar-refractivity contribution in [1.82, 2.24) is 0 Å². The van der Waals surface area contributed by atoms with Gasteiger partial charge in [-0.05, 0) is 38.0 Å². The Balaban J connectivity index is 1.14. The van der Waals surface area contributed by atoms with Crippen molar-refractivity contribution in [2.75, 3.05) is 33.5 Å². The first kappa shape index (κ1) is 50.4. The minimum Gasteiger partial charge on any atom is -0.468 e. The van der Waals surface area contributed by atoms with Gasteiger partial charge in [0.1, 0.15) is 54.9 Å². The van der Waals surface area contributed by atoms with E-state index in [0.717, 1.165) is 19.6 Å². The largest absolute Gasteiger partial charge is 0.468 e. The number of carbonyl (C=O) groups excluding carboxylic acids is 4. The molecule has 0 radical (unpaired) electrons. The molecule has 22 nitrogen and oxygen atoms in total. The van der Waals surface area contributed by atoms with Gasteiger partial charge in [-0.25, -0.2) is 9.59 Å². The number of esters is 4. The third kappa shape index (κ3) is 10.6. The summed E-state index contributed by atoms with van der Waals surface area (Å²) in [5, 5.41) is 81.4. The van der Waals surface area contributed by atoms with Crippen LogP contribution in [-0.2, 0) is 66.5 Å². The van der Waals surface area contributed by atoms with Gasteiger partial charge in [0.25, 0.3) is 0 Å². The molecule has 0 aromatic heterocycles. The fraction of sp³-hybridized carbons (Fsp3) is 0.721. The highest BCUT2D eigenvalue weighted by Gasteiger charge is 2.51. The first-order chi connectivity index (χ1) is 31.0. The van der Waals surface area contributed by atoms with Crippen molar-refractivity contribution < 1.29 is 107 Å². The average Bonchev–Trinajstić information content (AvgIpc) is 3.60. The van der Waals surface area contributed by atoms with Gasteiger partial charge in [-0.1, -0.05) is 26.0 Å².